The zero-order valence-electron chi connectivity index (χ0n) is 14.0. The molecule has 0 amide bonds. The maximum absolute atomic E-state index is 11.3. The molecular formula is C17H16ClN3O3S2. The fraction of sp³-hybridized carbons (Fsp3) is 0.118. The van der Waals surface area contributed by atoms with E-state index >= 15 is 0 Å². The molecule has 0 atom stereocenters. The number of anilines is 3. The fourth-order valence-corrected chi connectivity index (χ4v) is 3.75. The number of sulfonamides is 1. The Balaban J connectivity index is 1.75. The average Bonchev–Trinajstić information content (AvgIpc) is 3.04. The molecule has 0 aliphatic carbocycles. The van der Waals surface area contributed by atoms with Crippen molar-refractivity contribution < 1.29 is 13.2 Å². The molecule has 2 aromatic carbocycles. The van der Waals surface area contributed by atoms with Crippen molar-refractivity contribution >= 4 is 49.5 Å². The number of rotatable bonds is 6. The number of thiazole rings is 1. The van der Waals surface area contributed by atoms with E-state index in [1.165, 1.54) is 11.3 Å². The van der Waals surface area contributed by atoms with Crippen molar-refractivity contribution in [1.29, 1.82) is 0 Å². The number of aromatic nitrogens is 1. The molecule has 0 bridgehead atoms. The Hall–Kier alpha value is -2.29. The summed E-state index contributed by atoms with van der Waals surface area (Å²) in [7, 11) is -1.72. The molecule has 1 aromatic heterocycles. The van der Waals surface area contributed by atoms with Gasteiger partial charge in [-0.05, 0) is 24.3 Å². The third-order valence-electron chi connectivity index (χ3n) is 3.39. The number of nitrogens with zero attached hydrogens (tertiary/aromatic N) is 1. The maximum Gasteiger partial charge on any atom is 0.229 e. The summed E-state index contributed by atoms with van der Waals surface area (Å²) < 4.78 is 30.1. The number of methoxy groups -OCH3 is 1. The number of ether oxygens (including phenoxy) is 1. The topological polar surface area (TPSA) is 80.3 Å². The van der Waals surface area contributed by atoms with Crippen molar-refractivity contribution in [2.45, 2.75) is 0 Å². The molecule has 6 nitrogen and oxygen atoms in total. The predicted octanol–water partition coefficient (Wildman–Crippen LogP) is 4.59. The summed E-state index contributed by atoms with van der Waals surface area (Å²) in [6, 6.07) is 12.4. The lowest BCUT2D eigenvalue weighted by atomic mass is 10.1. The van der Waals surface area contributed by atoms with Gasteiger partial charge in [0.05, 0.1) is 24.1 Å². The maximum atomic E-state index is 11.3. The van der Waals surface area contributed by atoms with E-state index in [0.717, 1.165) is 28.3 Å². The second-order valence-electron chi connectivity index (χ2n) is 5.46. The molecule has 136 valence electrons. The number of benzene rings is 2. The third-order valence-corrected chi connectivity index (χ3v) is 5.07. The molecule has 0 aliphatic rings. The smallest absolute Gasteiger partial charge is 0.229 e. The SMILES string of the molecule is COc1cc(Nc2nc(-c3ccc(NS(C)(=O)=O)cc3)cs2)ccc1Cl. The molecule has 26 heavy (non-hydrogen) atoms. The Morgan fingerprint density at radius 1 is 1.12 bits per heavy atom. The quantitative estimate of drug-likeness (QED) is 0.622. The van der Waals surface area contributed by atoms with Crippen LogP contribution in [0.15, 0.2) is 47.8 Å². The number of halogens is 1. The van der Waals surface area contributed by atoms with E-state index in [2.05, 4.69) is 15.0 Å². The highest BCUT2D eigenvalue weighted by molar-refractivity contribution is 7.92. The van der Waals surface area contributed by atoms with Crippen LogP contribution in [-0.4, -0.2) is 26.8 Å². The van der Waals surface area contributed by atoms with Crippen molar-refractivity contribution in [3.63, 3.8) is 0 Å². The molecule has 0 radical (unpaired) electrons. The van der Waals surface area contributed by atoms with Gasteiger partial charge in [0.2, 0.25) is 10.0 Å². The zero-order chi connectivity index (χ0) is 18.7. The molecule has 0 fully saturated rings. The number of nitrogens with one attached hydrogen (secondary N) is 2. The minimum atomic E-state index is -3.29. The Labute approximate surface area is 160 Å². The van der Waals surface area contributed by atoms with Crippen LogP contribution in [0.25, 0.3) is 11.3 Å². The van der Waals surface area contributed by atoms with Crippen molar-refractivity contribution in [3.8, 4) is 17.0 Å². The molecule has 0 spiro atoms. The summed E-state index contributed by atoms with van der Waals surface area (Å²) >= 11 is 7.49. The van der Waals surface area contributed by atoms with E-state index in [0.29, 0.717) is 16.5 Å². The van der Waals surface area contributed by atoms with Crippen molar-refractivity contribution in [2.75, 3.05) is 23.4 Å². The first-order valence-electron chi connectivity index (χ1n) is 7.48. The third kappa shape index (κ3) is 4.66. The van der Waals surface area contributed by atoms with Gasteiger partial charge in [-0.15, -0.1) is 11.3 Å². The summed E-state index contributed by atoms with van der Waals surface area (Å²) in [5.41, 5.74) is 3.02. The van der Waals surface area contributed by atoms with Gasteiger partial charge in [-0.3, -0.25) is 4.72 Å². The van der Waals surface area contributed by atoms with E-state index in [1.807, 2.05) is 23.6 Å². The first-order valence-corrected chi connectivity index (χ1v) is 10.6. The minimum absolute atomic E-state index is 0.512. The van der Waals surface area contributed by atoms with Gasteiger partial charge in [0.1, 0.15) is 5.75 Å². The highest BCUT2D eigenvalue weighted by atomic mass is 35.5. The van der Waals surface area contributed by atoms with Crippen molar-refractivity contribution in [2.24, 2.45) is 0 Å². The monoisotopic (exact) mass is 409 g/mol. The molecule has 9 heteroatoms. The van der Waals surface area contributed by atoms with E-state index in [1.54, 1.807) is 31.4 Å². The van der Waals surface area contributed by atoms with E-state index in [4.69, 9.17) is 16.3 Å². The largest absolute Gasteiger partial charge is 0.495 e. The highest BCUT2D eigenvalue weighted by Crippen LogP contribution is 2.31. The van der Waals surface area contributed by atoms with Crippen LogP contribution in [-0.2, 0) is 10.0 Å². The van der Waals surface area contributed by atoms with Crippen LogP contribution in [0.2, 0.25) is 5.02 Å². The first-order chi connectivity index (χ1) is 12.3. The van der Waals surface area contributed by atoms with Crippen LogP contribution < -0.4 is 14.8 Å². The Morgan fingerprint density at radius 2 is 1.81 bits per heavy atom. The molecule has 0 saturated carbocycles. The number of hydrogen-bond donors (Lipinski definition) is 2. The molecule has 3 aromatic rings. The number of hydrogen-bond acceptors (Lipinski definition) is 6. The summed E-state index contributed by atoms with van der Waals surface area (Å²) in [6.45, 7) is 0. The highest BCUT2D eigenvalue weighted by Gasteiger charge is 2.08. The lowest BCUT2D eigenvalue weighted by Gasteiger charge is -2.07. The average molecular weight is 410 g/mol. The Kier molecular flexibility index (Phi) is 5.36. The predicted molar refractivity (Wildman–Crippen MR) is 107 cm³/mol. The molecule has 2 N–H and O–H groups in total. The van der Waals surface area contributed by atoms with Crippen LogP contribution in [0.1, 0.15) is 0 Å². The van der Waals surface area contributed by atoms with Gasteiger partial charge in [-0.25, -0.2) is 13.4 Å². The van der Waals surface area contributed by atoms with E-state index in [9.17, 15) is 8.42 Å². The van der Waals surface area contributed by atoms with Gasteiger partial charge < -0.3 is 10.1 Å². The van der Waals surface area contributed by atoms with Gasteiger partial charge in [0.25, 0.3) is 0 Å². The van der Waals surface area contributed by atoms with Gasteiger partial charge in [0, 0.05) is 28.4 Å². The second kappa shape index (κ2) is 7.53. The molecule has 3 rings (SSSR count). The summed E-state index contributed by atoms with van der Waals surface area (Å²) in [4.78, 5) is 4.55. The van der Waals surface area contributed by atoms with Crippen LogP contribution >= 0.6 is 22.9 Å². The summed E-state index contributed by atoms with van der Waals surface area (Å²) in [5.74, 6) is 0.586. The second-order valence-corrected chi connectivity index (χ2v) is 8.48. The molecule has 1 heterocycles. The summed E-state index contributed by atoms with van der Waals surface area (Å²) in [5, 5.41) is 6.41. The van der Waals surface area contributed by atoms with Crippen molar-refractivity contribution in [1.82, 2.24) is 4.98 Å². The van der Waals surface area contributed by atoms with Gasteiger partial charge in [-0.2, -0.15) is 0 Å². The van der Waals surface area contributed by atoms with Gasteiger partial charge in [-0.1, -0.05) is 23.7 Å². The standard InChI is InChI=1S/C17H16ClN3O3S2/c1-24-16-9-13(7-8-14(16)18)19-17-20-15(10-25-17)11-3-5-12(6-4-11)21-26(2,22)23/h3-10,21H,1-2H3,(H,19,20). The molecule has 0 unspecified atom stereocenters. The summed E-state index contributed by atoms with van der Waals surface area (Å²) in [6.07, 6.45) is 1.12. The Bertz CT molecular complexity index is 1020. The van der Waals surface area contributed by atoms with Crippen LogP contribution in [0.5, 0.6) is 5.75 Å². The molecular weight excluding hydrogens is 394 g/mol. The fourth-order valence-electron chi connectivity index (χ4n) is 2.25. The molecule has 0 saturated heterocycles. The van der Waals surface area contributed by atoms with Gasteiger partial charge in [0.15, 0.2) is 5.13 Å². The van der Waals surface area contributed by atoms with Gasteiger partial charge >= 0.3 is 0 Å². The first kappa shape index (κ1) is 18.5. The van der Waals surface area contributed by atoms with Crippen LogP contribution in [0, 0.1) is 0 Å². The van der Waals surface area contributed by atoms with E-state index < -0.39 is 10.0 Å². The normalized spacial score (nSPS) is 11.2. The minimum Gasteiger partial charge on any atom is -0.495 e. The van der Waals surface area contributed by atoms with E-state index in [-0.39, 0.29) is 0 Å². The lowest BCUT2D eigenvalue weighted by Crippen LogP contribution is -2.09. The Morgan fingerprint density at radius 3 is 2.46 bits per heavy atom. The van der Waals surface area contributed by atoms with Crippen LogP contribution in [0.3, 0.4) is 0 Å². The lowest BCUT2D eigenvalue weighted by molar-refractivity contribution is 0.415. The van der Waals surface area contributed by atoms with Crippen molar-refractivity contribution in [3.05, 3.63) is 52.9 Å². The van der Waals surface area contributed by atoms with Crippen LogP contribution in [0.4, 0.5) is 16.5 Å². The zero-order valence-corrected chi connectivity index (χ0v) is 16.4. The molecule has 0 aliphatic heterocycles.